The first-order chi connectivity index (χ1) is 8.41. The van der Waals surface area contributed by atoms with Crippen LogP contribution in [0.25, 0.3) is 10.4 Å². The van der Waals surface area contributed by atoms with Gasteiger partial charge in [0.15, 0.2) is 6.29 Å². The normalized spacial score (nSPS) is 11.6. The predicted molar refractivity (Wildman–Crippen MR) is 60.1 cm³/mol. The van der Waals surface area contributed by atoms with E-state index in [1.54, 1.807) is 0 Å². The second-order valence-electron chi connectivity index (χ2n) is 3.51. The van der Waals surface area contributed by atoms with Crippen molar-refractivity contribution >= 4 is 17.6 Å². The van der Waals surface area contributed by atoms with Crippen LogP contribution in [-0.2, 0) is 6.18 Å². The monoisotopic (exact) mass is 274 g/mol. The van der Waals surface area contributed by atoms with Gasteiger partial charge in [-0.1, -0.05) is 6.07 Å². The summed E-state index contributed by atoms with van der Waals surface area (Å²) in [5, 5.41) is 0. The third-order valence-corrected chi connectivity index (χ3v) is 3.36. The molecule has 1 nitrogen and oxygen atoms in total. The van der Waals surface area contributed by atoms with Crippen molar-refractivity contribution < 1.29 is 22.4 Å². The first-order valence-corrected chi connectivity index (χ1v) is 5.65. The highest BCUT2D eigenvalue weighted by Crippen LogP contribution is 2.35. The lowest BCUT2D eigenvalue weighted by atomic mass is 10.1. The predicted octanol–water partition coefficient (Wildman–Crippen LogP) is 4.39. The molecule has 2 rings (SSSR count). The van der Waals surface area contributed by atoms with E-state index in [9.17, 15) is 22.4 Å². The number of hydrogen-bond acceptors (Lipinski definition) is 2. The Balaban J connectivity index is 2.50. The summed E-state index contributed by atoms with van der Waals surface area (Å²) in [6.07, 6.45) is -4.12. The fraction of sp³-hybridized carbons (Fsp3) is 0.0833. The van der Waals surface area contributed by atoms with Crippen molar-refractivity contribution in [2.75, 3.05) is 0 Å². The zero-order chi connectivity index (χ0) is 13.3. The number of hydrogen-bond donors (Lipinski definition) is 0. The molecule has 0 amide bonds. The molecule has 1 aromatic carbocycles. The summed E-state index contributed by atoms with van der Waals surface area (Å²) < 4.78 is 50.6. The minimum atomic E-state index is -4.73. The standard InChI is InChI=1S/C12H6F4OS/c13-10-3-1-7(5-9(10)12(14,15)16)11-4-2-8(6-17)18-11/h1-6H. The quantitative estimate of drug-likeness (QED) is 0.586. The number of aldehydes is 1. The molecule has 0 aliphatic heterocycles. The number of benzene rings is 1. The summed E-state index contributed by atoms with van der Waals surface area (Å²) >= 11 is 1.05. The molecule has 0 fully saturated rings. The van der Waals surface area contributed by atoms with Gasteiger partial charge in [0, 0.05) is 4.88 Å². The molecule has 0 atom stereocenters. The van der Waals surface area contributed by atoms with Gasteiger partial charge in [0.1, 0.15) is 5.82 Å². The number of rotatable bonds is 2. The Kier molecular flexibility index (Phi) is 3.21. The van der Waals surface area contributed by atoms with Crippen LogP contribution in [0.2, 0.25) is 0 Å². The zero-order valence-electron chi connectivity index (χ0n) is 8.79. The summed E-state index contributed by atoms with van der Waals surface area (Å²) in [7, 11) is 0. The number of thiophene rings is 1. The van der Waals surface area contributed by atoms with E-state index in [4.69, 9.17) is 0 Å². The molecule has 0 spiro atoms. The Bertz CT molecular complexity index is 586. The van der Waals surface area contributed by atoms with Crippen LogP contribution in [-0.4, -0.2) is 6.29 Å². The highest BCUT2D eigenvalue weighted by molar-refractivity contribution is 7.17. The van der Waals surface area contributed by atoms with E-state index in [0.29, 0.717) is 16.0 Å². The maximum Gasteiger partial charge on any atom is 0.419 e. The van der Waals surface area contributed by atoms with Crippen molar-refractivity contribution in [3.05, 3.63) is 46.6 Å². The zero-order valence-corrected chi connectivity index (χ0v) is 9.61. The maximum atomic E-state index is 13.1. The van der Waals surface area contributed by atoms with Crippen LogP contribution in [0.5, 0.6) is 0 Å². The van der Waals surface area contributed by atoms with Gasteiger partial charge in [0.25, 0.3) is 0 Å². The minimum Gasteiger partial charge on any atom is -0.297 e. The second-order valence-corrected chi connectivity index (χ2v) is 4.63. The maximum absolute atomic E-state index is 13.1. The van der Waals surface area contributed by atoms with Gasteiger partial charge in [-0.25, -0.2) is 4.39 Å². The fourth-order valence-electron chi connectivity index (χ4n) is 1.47. The molecule has 0 N–H and O–H groups in total. The second kappa shape index (κ2) is 4.53. The van der Waals surface area contributed by atoms with Gasteiger partial charge in [-0.15, -0.1) is 11.3 Å². The van der Waals surface area contributed by atoms with Crippen molar-refractivity contribution in [1.29, 1.82) is 0 Å². The topological polar surface area (TPSA) is 17.1 Å². The molecule has 0 aliphatic carbocycles. The Morgan fingerprint density at radius 2 is 1.83 bits per heavy atom. The Morgan fingerprint density at radius 3 is 2.39 bits per heavy atom. The van der Waals surface area contributed by atoms with Crippen molar-refractivity contribution in [3.63, 3.8) is 0 Å². The van der Waals surface area contributed by atoms with Crippen LogP contribution < -0.4 is 0 Å². The highest BCUT2D eigenvalue weighted by atomic mass is 32.1. The molecule has 18 heavy (non-hydrogen) atoms. The van der Waals surface area contributed by atoms with Crippen molar-refractivity contribution in [3.8, 4) is 10.4 Å². The molecule has 0 saturated carbocycles. The molecule has 6 heteroatoms. The molecule has 1 aromatic heterocycles. The molecule has 0 aliphatic rings. The molecule has 1 heterocycles. The van der Waals surface area contributed by atoms with Gasteiger partial charge >= 0.3 is 6.18 Å². The lowest BCUT2D eigenvalue weighted by Crippen LogP contribution is -2.07. The summed E-state index contributed by atoms with van der Waals surface area (Å²) in [5.74, 6) is -1.31. The molecular formula is C12H6F4OS. The number of carbonyl (C=O) groups excluding carboxylic acids is 1. The summed E-state index contributed by atoms with van der Waals surface area (Å²) in [5.41, 5.74) is -1.07. The van der Waals surface area contributed by atoms with Gasteiger partial charge in [0.2, 0.25) is 0 Å². The highest BCUT2D eigenvalue weighted by Gasteiger charge is 2.34. The van der Waals surface area contributed by atoms with Crippen molar-refractivity contribution in [2.24, 2.45) is 0 Å². The average Bonchev–Trinajstić information content (AvgIpc) is 2.76. The van der Waals surface area contributed by atoms with E-state index in [1.165, 1.54) is 18.2 Å². The van der Waals surface area contributed by atoms with E-state index < -0.39 is 17.6 Å². The first kappa shape index (κ1) is 12.8. The third-order valence-electron chi connectivity index (χ3n) is 2.30. The SMILES string of the molecule is O=Cc1ccc(-c2ccc(F)c(C(F)(F)F)c2)s1. The van der Waals surface area contributed by atoms with E-state index in [-0.39, 0.29) is 5.56 Å². The van der Waals surface area contributed by atoms with Gasteiger partial charge in [-0.05, 0) is 29.8 Å². The Morgan fingerprint density at radius 1 is 1.11 bits per heavy atom. The molecule has 2 aromatic rings. The van der Waals surface area contributed by atoms with Gasteiger partial charge in [-0.2, -0.15) is 13.2 Å². The van der Waals surface area contributed by atoms with Crippen LogP contribution in [0, 0.1) is 5.82 Å². The van der Waals surface area contributed by atoms with Crippen LogP contribution in [0.4, 0.5) is 17.6 Å². The van der Waals surface area contributed by atoms with E-state index in [2.05, 4.69) is 0 Å². The number of carbonyl (C=O) groups is 1. The van der Waals surface area contributed by atoms with Crippen LogP contribution in [0.1, 0.15) is 15.2 Å². The lowest BCUT2D eigenvalue weighted by Gasteiger charge is -2.09. The summed E-state index contributed by atoms with van der Waals surface area (Å²) in [6, 6.07) is 5.81. The Labute approximate surface area is 104 Å². The van der Waals surface area contributed by atoms with Crippen molar-refractivity contribution in [2.45, 2.75) is 6.18 Å². The first-order valence-electron chi connectivity index (χ1n) is 4.84. The third kappa shape index (κ3) is 2.43. The van der Waals surface area contributed by atoms with E-state index in [0.717, 1.165) is 23.5 Å². The molecule has 0 bridgehead atoms. The molecule has 0 saturated heterocycles. The van der Waals surface area contributed by atoms with E-state index in [1.807, 2.05) is 0 Å². The number of halogens is 4. The molecule has 94 valence electrons. The molecule has 0 unspecified atom stereocenters. The largest absolute Gasteiger partial charge is 0.419 e. The molecular weight excluding hydrogens is 268 g/mol. The lowest BCUT2D eigenvalue weighted by molar-refractivity contribution is -0.139. The van der Waals surface area contributed by atoms with Gasteiger partial charge in [0.05, 0.1) is 10.4 Å². The van der Waals surface area contributed by atoms with Gasteiger partial charge in [-0.3, -0.25) is 4.79 Å². The summed E-state index contributed by atoms with van der Waals surface area (Å²) in [6.45, 7) is 0. The Hall–Kier alpha value is -1.69. The van der Waals surface area contributed by atoms with Crippen LogP contribution >= 0.6 is 11.3 Å². The number of alkyl halides is 3. The molecule has 0 radical (unpaired) electrons. The average molecular weight is 274 g/mol. The minimum absolute atomic E-state index is 0.238. The smallest absolute Gasteiger partial charge is 0.297 e. The van der Waals surface area contributed by atoms with Crippen molar-refractivity contribution in [1.82, 2.24) is 0 Å². The van der Waals surface area contributed by atoms with Crippen LogP contribution in [0.15, 0.2) is 30.3 Å². The summed E-state index contributed by atoms with van der Waals surface area (Å²) in [4.78, 5) is 11.4. The fourth-order valence-corrected chi connectivity index (χ4v) is 2.29. The van der Waals surface area contributed by atoms with E-state index >= 15 is 0 Å². The van der Waals surface area contributed by atoms with Gasteiger partial charge < -0.3 is 0 Å². The van der Waals surface area contributed by atoms with Crippen LogP contribution in [0.3, 0.4) is 0 Å².